The van der Waals surface area contributed by atoms with Crippen LogP contribution in [0, 0.1) is 12.8 Å². The molecule has 0 saturated heterocycles. The van der Waals surface area contributed by atoms with Crippen molar-refractivity contribution in [3.8, 4) is 5.75 Å². The van der Waals surface area contributed by atoms with Crippen LogP contribution in [0.15, 0.2) is 18.2 Å². The second-order valence-electron chi connectivity index (χ2n) is 6.18. The van der Waals surface area contributed by atoms with Crippen LogP contribution in [0.2, 0.25) is 0 Å². The van der Waals surface area contributed by atoms with Crippen LogP contribution in [-0.4, -0.2) is 20.7 Å². The van der Waals surface area contributed by atoms with E-state index in [9.17, 15) is 0 Å². The van der Waals surface area contributed by atoms with Gasteiger partial charge < -0.3 is 10.1 Å². The Labute approximate surface area is 117 Å². The molecule has 0 amide bonds. The lowest BCUT2D eigenvalue weighted by molar-refractivity contribution is 0.237. The van der Waals surface area contributed by atoms with Gasteiger partial charge in [0.05, 0.1) is 7.11 Å². The number of hydrogen-bond donors (Lipinski definition) is 1. The molecule has 0 spiro atoms. The summed E-state index contributed by atoms with van der Waals surface area (Å²) in [5.41, 5.74) is 2.95. The molecule has 1 saturated carbocycles. The molecule has 0 aromatic heterocycles. The molecule has 1 aromatic carbocycles. The molecule has 0 heterocycles. The third kappa shape index (κ3) is 2.94. The zero-order valence-electron chi connectivity index (χ0n) is 12.8. The van der Waals surface area contributed by atoms with Crippen LogP contribution >= 0.6 is 0 Å². The summed E-state index contributed by atoms with van der Waals surface area (Å²) in [5, 5.41) is 3.40. The van der Waals surface area contributed by atoms with E-state index < -0.39 is 0 Å². The summed E-state index contributed by atoms with van der Waals surface area (Å²) >= 11 is 0. The fourth-order valence-electron chi connectivity index (χ4n) is 3.37. The molecule has 19 heavy (non-hydrogen) atoms. The van der Waals surface area contributed by atoms with Crippen molar-refractivity contribution in [3.05, 3.63) is 29.3 Å². The molecule has 0 atom stereocenters. The molecule has 1 aliphatic carbocycles. The minimum absolute atomic E-state index is 0.294. The van der Waals surface area contributed by atoms with Gasteiger partial charge in [0.25, 0.3) is 0 Å². The van der Waals surface area contributed by atoms with E-state index in [-0.39, 0.29) is 0 Å². The summed E-state index contributed by atoms with van der Waals surface area (Å²) in [6, 6.07) is 6.75. The summed E-state index contributed by atoms with van der Waals surface area (Å²) < 4.78 is 5.50. The first-order valence-corrected chi connectivity index (χ1v) is 7.41. The monoisotopic (exact) mass is 261 g/mol. The van der Waals surface area contributed by atoms with E-state index in [1.54, 1.807) is 7.11 Å². The van der Waals surface area contributed by atoms with Gasteiger partial charge in [0.2, 0.25) is 0 Å². The van der Waals surface area contributed by atoms with Crippen molar-refractivity contribution in [2.75, 3.05) is 20.7 Å². The molecule has 1 fully saturated rings. The fraction of sp³-hybridized carbons (Fsp3) is 0.647. The van der Waals surface area contributed by atoms with E-state index >= 15 is 0 Å². The third-order valence-corrected chi connectivity index (χ3v) is 4.77. The summed E-state index contributed by atoms with van der Waals surface area (Å²) in [7, 11) is 3.82. The topological polar surface area (TPSA) is 21.3 Å². The van der Waals surface area contributed by atoms with Crippen molar-refractivity contribution in [3.63, 3.8) is 0 Å². The van der Waals surface area contributed by atoms with E-state index in [0.29, 0.717) is 5.41 Å². The van der Waals surface area contributed by atoms with Gasteiger partial charge in [-0.15, -0.1) is 0 Å². The molecule has 0 bridgehead atoms. The van der Waals surface area contributed by atoms with Gasteiger partial charge in [0.1, 0.15) is 5.75 Å². The standard InChI is InChI=1S/C17H27NO/c1-13-7-9-17(10-8-13,12-18-3)15-6-5-14(2)16(11-15)19-4/h5-6,11,13,18H,7-10,12H2,1-4H3. The smallest absolute Gasteiger partial charge is 0.122 e. The summed E-state index contributed by atoms with van der Waals surface area (Å²) in [4.78, 5) is 0. The zero-order chi connectivity index (χ0) is 13.9. The fourth-order valence-corrected chi connectivity index (χ4v) is 3.37. The Kier molecular flexibility index (Phi) is 4.51. The molecule has 2 heteroatoms. The lowest BCUT2D eigenvalue weighted by Crippen LogP contribution is -2.40. The molecule has 0 unspecified atom stereocenters. The number of benzene rings is 1. The van der Waals surface area contributed by atoms with Crippen LogP contribution in [0.4, 0.5) is 0 Å². The largest absolute Gasteiger partial charge is 0.496 e. The molecule has 1 N–H and O–H groups in total. The second kappa shape index (κ2) is 5.96. The molecule has 1 aromatic rings. The van der Waals surface area contributed by atoms with Gasteiger partial charge in [-0.05, 0) is 62.8 Å². The third-order valence-electron chi connectivity index (χ3n) is 4.77. The van der Waals surface area contributed by atoms with E-state index in [1.165, 1.54) is 36.8 Å². The van der Waals surface area contributed by atoms with Crippen molar-refractivity contribution in [1.29, 1.82) is 0 Å². The van der Waals surface area contributed by atoms with Crippen LogP contribution in [0.1, 0.15) is 43.7 Å². The van der Waals surface area contributed by atoms with Gasteiger partial charge in [0, 0.05) is 12.0 Å². The lowest BCUT2D eigenvalue weighted by atomic mass is 9.67. The Balaban J connectivity index is 2.33. The predicted molar refractivity (Wildman–Crippen MR) is 81.0 cm³/mol. The van der Waals surface area contributed by atoms with Crippen LogP contribution < -0.4 is 10.1 Å². The van der Waals surface area contributed by atoms with Crippen LogP contribution in [0.3, 0.4) is 0 Å². The summed E-state index contributed by atoms with van der Waals surface area (Å²) in [5.74, 6) is 1.89. The maximum Gasteiger partial charge on any atom is 0.122 e. The molecular formula is C17H27NO. The van der Waals surface area contributed by atoms with E-state index in [0.717, 1.165) is 18.2 Å². The number of nitrogens with one attached hydrogen (secondary N) is 1. The minimum Gasteiger partial charge on any atom is -0.496 e. The first-order chi connectivity index (χ1) is 9.11. The Morgan fingerprint density at radius 1 is 1.32 bits per heavy atom. The highest BCUT2D eigenvalue weighted by molar-refractivity contribution is 5.40. The van der Waals surface area contributed by atoms with Gasteiger partial charge >= 0.3 is 0 Å². The van der Waals surface area contributed by atoms with Crippen LogP contribution in [0.25, 0.3) is 0 Å². The number of aryl methyl sites for hydroxylation is 1. The molecule has 0 radical (unpaired) electrons. The van der Waals surface area contributed by atoms with Crippen LogP contribution in [0.5, 0.6) is 5.75 Å². The highest BCUT2D eigenvalue weighted by Gasteiger charge is 2.35. The maximum atomic E-state index is 5.50. The Morgan fingerprint density at radius 2 is 2.00 bits per heavy atom. The maximum absolute atomic E-state index is 5.50. The lowest BCUT2D eigenvalue weighted by Gasteiger charge is -2.40. The Hall–Kier alpha value is -1.02. The van der Waals surface area contributed by atoms with Crippen LogP contribution in [-0.2, 0) is 5.41 Å². The minimum atomic E-state index is 0.294. The molecule has 2 rings (SSSR count). The number of methoxy groups -OCH3 is 1. The van der Waals surface area contributed by atoms with Gasteiger partial charge in [-0.2, -0.15) is 0 Å². The molecule has 106 valence electrons. The van der Waals surface area contributed by atoms with Gasteiger partial charge in [-0.25, -0.2) is 0 Å². The highest BCUT2D eigenvalue weighted by Crippen LogP contribution is 2.42. The predicted octanol–water partition coefficient (Wildman–Crippen LogP) is 3.67. The average molecular weight is 261 g/mol. The Bertz CT molecular complexity index is 419. The number of rotatable bonds is 4. The number of likely N-dealkylation sites (N-methyl/N-ethyl adjacent to an activating group) is 1. The normalized spacial score (nSPS) is 27.3. The van der Waals surface area contributed by atoms with Gasteiger partial charge in [0.15, 0.2) is 0 Å². The van der Waals surface area contributed by atoms with Gasteiger partial charge in [-0.3, -0.25) is 0 Å². The molecule has 2 nitrogen and oxygen atoms in total. The molecule has 1 aliphatic rings. The first kappa shape index (κ1) is 14.4. The van der Waals surface area contributed by atoms with Crippen molar-refractivity contribution in [1.82, 2.24) is 5.32 Å². The number of ether oxygens (including phenoxy) is 1. The summed E-state index contributed by atoms with van der Waals surface area (Å²) in [6.07, 6.45) is 5.22. The summed E-state index contributed by atoms with van der Waals surface area (Å²) in [6.45, 7) is 5.54. The van der Waals surface area contributed by atoms with Crippen molar-refractivity contribution in [2.45, 2.75) is 44.9 Å². The SMILES string of the molecule is CNCC1(c2ccc(C)c(OC)c2)CCC(C)CC1. The van der Waals surface area contributed by atoms with E-state index in [4.69, 9.17) is 4.74 Å². The first-order valence-electron chi connectivity index (χ1n) is 7.41. The molecule has 0 aliphatic heterocycles. The van der Waals surface area contributed by atoms with Gasteiger partial charge in [-0.1, -0.05) is 19.1 Å². The second-order valence-corrected chi connectivity index (χ2v) is 6.18. The Morgan fingerprint density at radius 3 is 2.58 bits per heavy atom. The number of hydrogen-bond acceptors (Lipinski definition) is 2. The molecular weight excluding hydrogens is 234 g/mol. The van der Waals surface area contributed by atoms with E-state index in [2.05, 4.69) is 44.4 Å². The average Bonchev–Trinajstić information content (AvgIpc) is 2.42. The quantitative estimate of drug-likeness (QED) is 0.893. The van der Waals surface area contributed by atoms with E-state index in [1.807, 2.05) is 0 Å². The van der Waals surface area contributed by atoms with Crippen molar-refractivity contribution < 1.29 is 4.74 Å². The zero-order valence-corrected chi connectivity index (χ0v) is 12.8. The van der Waals surface area contributed by atoms with Crippen molar-refractivity contribution >= 4 is 0 Å². The van der Waals surface area contributed by atoms with Crippen molar-refractivity contribution in [2.24, 2.45) is 5.92 Å². The highest BCUT2D eigenvalue weighted by atomic mass is 16.5.